The van der Waals surface area contributed by atoms with Gasteiger partial charge in [-0.2, -0.15) is 0 Å². The molecule has 0 heterocycles. The van der Waals surface area contributed by atoms with E-state index in [9.17, 15) is 10.1 Å². The molecule has 0 amide bonds. The number of non-ortho nitro benzene ring substituents is 1. The highest BCUT2D eigenvalue weighted by atomic mass is 32.2. The summed E-state index contributed by atoms with van der Waals surface area (Å²) in [5.74, 6) is 0. The second kappa shape index (κ2) is 5.83. The van der Waals surface area contributed by atoms with E-state index >= 15 is 0 Å². The van der Waals surface area contributed by atoms with Crippen molar-refractivity contribution in [3.05, 3.63) is 34.4 Å². The number of nitrogens with zero attached hydrogens (tertiary/aromatic N) is 1. The Kier molecular flexibility index (Phi) is 4.96. The third-order valence-electron chi connectivity index (χ3n) is 2.62. The molecule has 1 atom stereocenters. The van der Waals surface area contributed by atoms with Gasteiger partial charge in [-0.3, -0.25) is 10.1 Å². The minimum absolute atomic E-state index is 0.0363. The Morgan fingerprint density at radius 2 is 1.82 bits per heavy atom. The van der Waals surface area contributed by atoms with Crippen LogP contribution in [-0.4, -0.2) is 22.2 Å². The van der Waals surface area contributed by atoms with Crippen molar-refractivity contribution in [1.82, 2.24) is 0 Å². The lowest BCUT2D eigenvalue weighted by molar-refractivity contribution is -0.384. The van der Waals surface area contributed by atoms with Crippen LogP contribution in [-0.2, 0) is 0 Å². The van der Waals surface area contributed by atoms with Gasteiger partial charge in [-0.05, 0) is 24.0 Å². The lowest BCUT2D eigenvalue weighted by atomic mass is 10.3. The fourth-order valence-electron chi connectivity index (χ4n) is 1.03. The minimum Gasteiger partial charge on any atom is -0.258 e. The molecule has 0 aliphatic rings. The summed E-state index contributed by atoms with van der Waals surface area (Å²) < 4.78 is 0. The topological polar surface area (TPSA) is 43.1 Å². The average Bonchev–Trinajstić information content (AvgIpc) is 2.25. The highest BCUT2D eigenvalue weighted by Crippen LogP contribution is 2.49. The molecule has 0 N–H and O–H groups in total. The first kappa shape index (κ1) is 14.5. The number of hydrogen-bond donors (Lipinski definition) is 0. The molecule has 0 fully saturated rings. The standard InChI is InChI=1S/C12H18NO2PS/c1-12(2,3)16(4)9-17-11-7-5-10(6-8-11)13(14)15/h5-8H,9H2,1-4H3. The van der Waals surface area contributed by atoms with E-state index in [-0.39, 0.29) is 18.5 Å². The number of rotatable bonds is 4. The zero-order valence-electron chi connectivity index (χ0n) is 10.6. The smallest absolute Gasteiger partial charge is 0.258 e. The summed E-state index contributed by atoms with van der Waals surface area (Å²) in [4.78, 5) is 11.3. The number of thioether (sulfide) groups is 1. The number of hydrogen-bond acceptors (Lipinski definition) is 3. The van der Waals surface area contributed by atoms with Crippen LogP contribution in [0.4, 0.5) is 5.69 Å². The van der Waals surface area contributed by atoms with Gasteiger partial charge in [-0.1, -0.05) is 28.7 Å². The van der Waals surface area contributed by atoms with Gasteiger partial charge in [0.15, 0.2) is 0 Å². The van der Waals surface area contributed by atoms with Crippen molar-refractivity contribution in [2.24, 2.45) is 0 Å². The minimum atomic E-state index is -0.365. The molecule has 0 saturated carbocycles. The van der Waals surface area contributed by atoms with Gasteiger partial charge in [-0.25, -0.2) is 0 Å². The molecule has 1 unspecified atom stereocenters. The molecule has 94 valence electrons. The summed E-state index contributed by atoms with van der Waals surface area (Å²) in [6, 6.07) is 6.79. The molecule has 0 radical (unpaired) electrons. The fraction of sp³-hybridized carbons (Fsp3) is 0.500. The van der Waals surface area contributed by atoms with E-state index in [0.29, 0.717) is 5.16 Å². The number of nitro benzene ring substituents is 1. The van der Waals surface area contributed by atoms with E-state index in [1.165, 1.54) is 0 Å². The average molecular weight is 271 g/mol. The SMILES string of the molecule is CP(CSc1ccc([N+](=O)[O-])cc1)C(C)(C)C. The van der Waals surface area contributed by atoms with E-state index in [4.69, 9.17) is 0 Å². The second-order valence-corrected chi connectivity index (χ2v) is 9.42. The maximum absolute atomic E-state index is 10.5. The van der Waals surface area contributed by atoms with Gasteiger partial charge in [0.2, 0.25) is 0 Å². The fourth-order valence-corrected chi connectivity index (χ4v) is 4.28. The van der Waals surface area contributed by atoms with E-state index < -0.39 is 0 Å². The first-order valence-electron chi connectivity index (χ1n) is 5.39. The Morgan fingerprint density at radius 1 is 1.29 bits per heavy atom. The Bertz CT molecular complexity index is 386. The van der Waals surface area contributed by atoms with Crippen molar-refractivity contribution in [1.29, 1.82) is 0 Å². The lowest BCUT2D eigenvalue weighted by Gasteiger charge is -2.27. The van der Waals surface area contributed by atoms with Gasteiger partial charge >= 0.3 is 0 Å². The van der Waals surface area contributed by atoms with Crippen molar-refractivity contribution in [2.75, 3.05) is 12.2 Å². The molecule has 5 heteroatoms. The molecule has 3 nitrogen and oxygen atoms in total. The molecule has 1 aromatic rings. The molecule has 0 saturated heterocycles. The molecular weight excluding hydrogens is 253 g/mol. The van der Waals surface area contributed by atoms with Crippen molar-refractivity contribution in [2.45, 2.75) is 30.8 Å². The van der Waals surface area contributed by atoms with Crippen molar-refractivity contribution >= 4 is 25.4 Å². The summed E-state index contributed by atoms with van der Waals surface area (Å²) in [5.41, 5.74) is 1.25. The van der Waals surface area contributed by atoms with Gasteiger partial charge in [-0.15, -0.1) is 11.8 Å². The second-order valence-electron chi connectivity index (χ2n) is 4.89. The van der Waals surface area contributed by atoms with Crippen LogP contribution in [0, 0.1) is 10.1 Å². The van der Waals surface area contributed by atoms with E-state index in [1.807, 2.05) is 12.1 Å². The van der Waals surface area contributed by atoms with Gasteiger partial charge in [0.1, 0.15) is 0 Å². The monoisotopic (exact) mass is 271 g/mol. The molecule has 0 aliphatic heterocycles. The lowest BCUT2D eigenvalue weighted by Crippen LogP contribution is -2.11. The third-order valence-corrected chi connectivity index (χ3v) is 7.58. The van der Waals surface area contributed by atoms with Gasteiger partial charge in [0.25, 0.3) is 5.69 Å². The number of benzene rings is 1. The van der Waals surface area contributed by atoms with Gasteiger partial charge < -0.3 is 0 Å². The Balaban J connectivity index is 2.56. The normalized spacial score (nSPS) is 13.4. The zero-order valence-corrected chi connectivity index (χ0v) is 12.3. The summed E-state index contributed by atoms with van der Waals surface area (Å²) in [5, 5.41) is 10.9. The van der Waals surface area contributed by atoms with E-state index in [0.717, 1.165) is 10.4 Å². The molecule has 0 spiro atoms. The molecular formula is C12H18NO2PS. The summed E-state index contributed by atoms with van der Waals surface area (Å²) in [7, 11) is -0.0363. The summed E-state index contributed by atoms with van der Waals surface area (Å²) in [6.45, 7) is 9.08. The Hall–Kier alpha value is -0.600. The Morgan fingerprint density at radius 3 is 2.24 bits per heavy atom. The van der Waals surface area contributed by atoms with Crippen molar-refractivity contribution in [3.8, 4) is 0 Å². The summed E-state index contributed by atoms with van der Waals surface area (Å²) >= 11 is 1.78. The van der Waals surface area contributed by atoms with Crippen LogP contribution in [0.2, 0.25) is 0 Å². The molecule has 1 rings (SSSR count). The van der Waals surface area contributed by atoms with Gasteiger partial charge in [0.05, 0.1) is 4.92 Å². The molecule has 17 heavy (non-hydrogen) atoms. The maximum atomic E-state index is 10.5. The quantitative estimate of drug-likeness (QED) is 0.349. The zero-order chi connectivity index (χ0) is 13.1. The molecule has 0 aromatic heterocycles. The van der Waals surface area contributed by atoms with Gasteiger partial charge in [0, 0.05) is 22.5 Å². The largest absolute Gasteiger partial charge is 0.269 e. The molecule has 0 bridgehead atoms. The highest BCUT2D eigenvalue weighted by Gasteiger charge is 2.19. The number of nitro groups is 1. The first-order valence-corrected chi connectivity index (χ1v) is 8.35. The van der Waals surface area contributed by atoms with Crippen LogP contribution in [0.15, 0.2) is 29.2 Å². The van der Waals surface area contributed by atoms with Crippen LogP contribution in [0.25, 0.3) is 0 Å². The maximum Gasteiger partial charge on any atom is 0.269 e. The van der Waals surface area contributed by atoms with Crippen molar-refractivity contribution in [3.63, 3.8) is 0 Å². The van der Waals surface area contributed by atoms with Crippen LogP contribution in [0.3, 0.4) is 0 Å². The van der Waals surface area contributed by atoms with Crippen LogP contribution in [0.1, 0.15) is 20.8 Å². The summed E-state index contributed by atoms with van der Waals surface area (Å²) in [6.07, 6.45) is 0. The molecule has 1 aromatic carbocycles. The Labute approximate surface area is 108 Å². The first-order chi connectivity index (χ1) is 7.80. The van der Waals surface area contributed by atoms with Crippen LogP contribution in [0.5, 0.6) is 0 Å². The predicted molar refractivity (Wildman–Crippen MR) is 76.4 cm³/mol. The van der Waals surface area contributed by atoms with Crippen molar-refractivity contribution < 1.29 is 4.92 Å². The molecule has 0 aliphatic carbocycles. The third kappa shape index (κ3) is 4.64. The highest BCUT2D eigenvalue weighted by molar-refractivity contribution is 8.05. The van der Waals surface area contributed by atoms with Crippen LogP contribution >= 0.6 is 19.7 Å². The van der Waals surface area contributed by atoms with E-state index in [1.54, 1.807) is 23.9 Å². The van der Waals surface area contributed by atoms with E-state index in [2.05, 4.69) is 27.4 Å². The predicted octanol–water partition coefficient (Wildman–Crippen LogP) is 4.55. The van der Waals surface area contributed by atoms with Crippen LogP contribution < -0.4 is 0 Å².